The van der Waals surface area contributed by atoms with Crippen molar-refractivity contribution in [3.63, 3.8) is 0 Å². The van der Waals surface area contributed by atoms with Gasteiger partial charge in [-0.3, -0.25) is 0 Å². The quantitative estimate of drug-likeness (QED) is 0.123. The van der Waals surface area contributed by atoms with Crippen molar-refractivity contribution in [2.75, 3.05) is 26.4 Å². The standard InChI is InChI=1S/C19H25N3O6/c20-22-21-10-12-27-13-14-28-19(26)7-1-4-16(24)17(19)18(25)8-5-15(6-9-18)3-2-11-23/h1,4-8,11,17,24-26H,2-3,9-10,12-14H2. The summed E-state index contributed by atoms with van der Waals surface area (Å²) in [6.07, 6.45) is 11.2. The van der Waals surface area contributed by atoms with Crippen LogP contribution in [0.25, 0.3) is 10.4 Å². The Kier molecular flexibility index (Phi) is 7.98. The van der Waals surface area contributed by atoms with E-state index in [0.717, 1.165) is 11.9 Å². The normalized spacial score (nSPS) is 29.0. The minimum absolute atomic E-state index is 0.00110. The summed E-state index contributed by atoms with van der Waals surface area (Å²) in [7, 11) is 0. The highest BCUT2D eigenvalue weighted by molar-refractivity contribution is 5.50. The molecule has 3 N–H and O–H groups in total. The second-order valence-electron chi connectivity index (χ2n) is 6.56. The monoisotopic (exact) mass is 391 g/mol. The van der Waals surface area contributed by atoms with Gasteiger partial charge < -0.3 is 29.6 Å². The molecule has 3 unspecified atom stereocenters. The van der Waals surface area contributed by atoms with Crippen molar-refractivity contribution in [3.8, 4) is 0 Å². The predicted molar refractivity (Wildman–Crippen MR) is 101 cm³/mol. The van der Waals surface area contributed by atoms with E-state index in [1.807, 2.05) is 0 Å². The van der Waals surface area contributed by atoms with Crippen LogP contribution in [0.3, 0.4) is 0 Å². The Balaban J connectivity index is 2.02. The van der Waals surface area contributed by atoms with Crippen LogP contribution in [0.4, 0.5) is 0 Å². The maximum atomic E-state index is 11.1. The Hall–Kier alpha value is -2.42. The molecule has 0 aromatic heterocycles. The molecule has 0 aromatic rings. The van der Waals surface area contributed by atoms with Gasteiger partial charge in [-0.2, -0.15) is 0 Å². The molecule has 0 aromatic carbocycles. The van der Waals surface area contributed by atoms with Crippen LogP contribution in [0, 0.1) is 5.92 Å². The van der Waals surface area contributed by atoms with E-state index in [-0.39, 0.29) is 38.5 Å². The summed E-state index contributed by atoms with van der Waals surface area (Å²) in [5.74, 6) is -3.26. The maximum absolute atomic E-state index is 11.1. The van der Waals surface area contributed by atoms with Crippen LogP contribution in [-0.2, 0) is 14.3 Å². The minimum atomic E-state index is -1.93. The molecule has 152 valence electrons. The summed E-state index contributed by atoms with van der Waals surface area (Å²) in [6.45, 7) is 0.548. The van der Waals surface area contributed by atoms with Crippen LogP contribution in [0.5, 0.6) is 0 Å². The van der Waals surface area contributed by atoms with Gasteiger partial charge in [-0.1, -0.05) is 35.0 Å². The fourth-order valence-electron chi connectivity index (χ4n) is 3.26. The highest BCUT2D eigenvalue weighted by Gasteiger charge is 2.51. The van der Waals surface area contributed by atoms with Gasteiger partial charge in [0.25, 0.3) is 0 Å². The third-order valence-corrected chi connectivity index (χ3v) is 4.60. The van der Waals surface area contributed by atoms with Gasteiger partial charge in [0.1, 0.15) is 23.6 Å². The number of aliphatic hydroxyl groups is 3. The van der Waals surface area contributed by atoms with E-state index in [0.29, 0.717) is 12.8 Å². The third-order valence-electron chi connectivity index (χ3n) is 4.60. The second-order valence-corrected chi connectivity index (χ2v) is 6.56. The van der Waals surface area contributed by atoms with Crippen LogP contribution >= 0.6 is 0 Å². The van der Waals surface area contributed by atoms with Crippen LogP contribution in [0.15, 0.2) is 52.9 Å². The zero-order valence-electron chi connectivity index (χ0n) is 15.5. The lowest BCUT2D eigenvalue weighted by Gasteiger charge is -2.43. The van der Waals surface area contributed by atoms with E-state index in [2.05, 4.69) is 10.0 Å². The van der Waals surface area contributed by atoms with Crippen LogP contribution in [0.1, 0.15) is 19.3 Å². The van der Waals surface area contributed by atoms with Crippen molar-refractivity contribution >= 4 is 6.29 Å². The number of hydrogen-bond donors (Lipinski definition) is 3. The van der Waals surface area contributed by atoms with Gasteiger partial charge in [0.15, 0.2) is 5.79 Å². The Labute approximate surface area is 162 Å². The molecule has 0 spiro atoms. The van der Waals surface area contributed by atoms with Crippen LogP contribution in [0.2, 0.25) is 0 Å². The fraction of sp³-hybridized carbons (Fsp3) is 0.526. The molecule has 0 bridgehead atoms. The lowest BCUT2D eigenvalue weighted by atomic mass is 9.73. The number of hydrogen-bond acceptors (Lipinski definition) is 7. The minimum Gasteiger partial charge on any atom is -0.512 e. The van der Waals surface area contributed by atoms with Gasteiger partial charge >= 0.3 is 0 Å². The average Bonchev–Trinajstić information content (AvgIpc) is 2.67. The van der Waals surface area contributed by atoms with Crippen LogP contribution < -0.4 is 0 Å². The second kappa shape index (κ2) is 10.2. The molecule has 0 fully saturated rings. The molecule has 9 heteroatoms. The number of allylic oxidation sites excluding steroid dienone is 4. The number of nitrogens with zero attached hydrogens (tertiary/aromatic N) is 3. The van der Waals surface area contributed by atoms with Gasteiger partial charge in [-0.15, -0.1) is 0 Å². The van der Waals surface area contributed by atoms with Crippen molar-refractivity contribution in [1.82, 2.24) is 0 Å². The lowest BCUT2D eigenvalue weighted by molar-refractivity contribution is -0.234. The summed E-state index contributed by atoms with van der Waals surface area (Å²) in [5, 5.41) is 35.8. The van der Waals surface area contributed by atoms with Gasteiger partial charge in [-0.05, 0) is 30.5 Å². The fourth-order valence-corrected chi connectivity index (χ4v) is 3.26. The molecule has 28 heavy (non-hydrogen) atoms. The predicted octanol–water partition coefficient (Wildman–Crippen LogP) is 2.24. The Morgan fingerprint density at radius 1 is 1.32 bits per heavy atom. The molecule has 2 aliphatic carbocycles. The first-order chi connectivity index (χ1) is 13.4. The number of aliphatic hydroxyl groups excluding tert-OH is 1. The van der Waals surface area contributed by atoms with Crippen molar-refractivity contribution in [2.24, 2.45) is 11.0 Å². The zero-order chi connectivity index (χ0) is 20.5. The van der Waals surface area contributed by atoms with Crippen molar-refractivity contribution in [3.05, 3.63) is 58.2 Å². The van der Waals surface area contributed by atoms with E-state index < -0.39 is 17.3 Å². The Morgan fingerprint density at radius 2 is 2.14 bits per heavy atom. The van der Waals surface area contributed by atoms with Crippen LogP contribution in [-0.4, -0.2) is 59.4 Å². The molecule has 0 heterocycles. The van der Waals surface area contributed by atoms with Crippen molar-refractivity contribution in [1.29, 1.82) is 0 Å². The first-order valence-corrected chi connectivity index (χ1v) is 9.03. The molecule has 3 atom stereocenters. The van der Waals surface area contributed by atoms with Gasteiger partial charge in [0.05, 0.1) is 19.8 Å². The molecule has 0 amide bonds. The van der Waals surface area contributed by atoms with E-state index in [9.17, 15) is 20.1 Å². The Morgan fingerprint density at radius 3 is 2.82 bits per heavy atom. The molecule has 0 saturated carbocycles. The van der Waals surface area contributed by atoms with Crippen molar-refractivity contribution in [2.45, 2.75) is 30.7 Å². The maximum Gasteiger partial charge on any atom is 0.198 e. The van der Waals surface area contributed by atoms with Crippen molar-refractivity contribution < 1.29 is 29.6 Å². The van der Waals surface area contributed by atoms with Gasteiger partial charge in [0, 0.05) is 17.9 Å². The molecule has 0 saturated heterocycles. The molecular formula is C19H25N3O6. The lowest BCUT2D eigenvalue weighted by Crippen LogP contribution is -2.54. The smallest absolute Gasteiger partial charge is 0.198 e. The first kappa shape index (κ1) is 21.9. The highest BCUT2D eigenvalue weighted by Crippen LogP contribution is 2.42. The zero-order valence-corrected chi connectivity index (χ0v) is 15.5. The number of carbonyl (C=O) groups is 1. The average molecular weight is 391 g/mol. The van der Waals surface area contributed by atoms with E-state index in [4.69, 9.17) is 15.0 Å². The molecule has 2 rings (SSSR count). The molecule has 2 aliphatic rings. The highest BCUT2D eigenvalue weighted by atomic mass is 16.6. The molecule has 0 radical (unpaired) electrons. The summed E-state index contributed by atoms with van der Waals surface area (Å²) in [4.78, 5) is 13.1. The SMILES string of the molecule is [N-]=[N+]=NCCOCCOC1(O)C=CC=C(O)C1C1(O)C=CC(CCC=O)=CC1. The molecule has 9 nitrogen and oxygen atoms in total. The number of rotatable bonds is 11. The summed E-state index contributed by atoms with van der Waals surface area (Å²) in [5.41, 5.74) is 7.54. The summed E-state index contributed by atoms with van der Waals surface area (Å²) in [6, 6.07) is 0. The summed E-state index contributed by atoms with van der Waals surface area (Å²) < 4.78 is 10.8. The largest absolute Gasteiger partial charge is 0.512 e. The molecular weight excluding hydrogens is 366 g/mol. The van der Waals surface area contributed by atoms with E-state index in [1.165, 1.54) is 24.3 Å². The number of aldehydes is 1. The Bertz CT molecular complexity index is 725. The molecule has 0 aliphatic heterocycles. The topological polar surface area (TPSA) is 145 Å². The first-order valence-electron chi connectivity index (χ1n) is 9.03. The number of ether oxygens (including phenoxy) is 2. The number of azide groups is 1. The van der Waals surface area contributed by atoms with E-state index >= 15 is 0 Å². The van der Waals surface area contributed by atoms with Gasteiger partial charge in [-0.25, -0.2) is 0 Å². The summed E-state index contributed by atoms with van der Waals surface area (Å²) >= 11 is 0. The number of carbonyl (C=O) groups excluding carboxylic acids is 1. The van der Waals surface area contributed by atoms with Gasteiger partial charge in [0.2, 0.25) is 0 Å². The third kappa shape index (κ3) is 5.54. The van der Waals surface area contributed by atoms with E-state index in [1.54, 1.807) is 12.2 Å².